The van der Waals surface area contributed by atoms with Crippen molar-refractivity contribution in [1.29, 1.82) is 0 Å². The molecule has 0 spiro atoms. The number of rotatable bonds is 6. The van der Waals surface area contributed by atoms with Crippen LogP contribution in [0.4, 0.5) is 0 Å². The van der Waals surface area contributed by atoms with E-state index >= 15 is 0 Å². The van der Waals surface area contributed by atoms with Crippen molar-refractivity contribution in [3.05, 3.63) is 0 Å². The number of fused-ring (bicyclic) bond motifs is 3. The molecule has 5 aliphatic rings. The van der Waals surface area contributed by atoms with Crippen LogP contribution >= 0.6 is 0 Å². The molecule has 4 N–H and O–H groups in total. The fourth-order valence-electron chi connectivity index (χ4n) is 12.0. The SMILES string of the molecule is CC(=O)O[C@H]1CC[C@]2(C)[C@H]3CC[C@]45C[C@]4(CC[C@@H]5[C@H](C)C[C@@H](O)[C@@H](O)C(C)(C)O)[C@@]3(C)[C@H](O)C[C@H]2C1(C)C. The van der Waals surface area contributed by atoms with Gasteiger partial charge in [0.05, 0.1) is 17.8 Å². The van der Waals surface area contributed by atoms with Crippen LogP contribution in [0.2, 0.25) is 0 Å². The second-order valence-electron chi connectivity index (χ2n) is 16.1. The van der Waals surface area contributed by atoms with Gasteiger partial charge in [-0.05, 0) is 112 Å². The quantitative estimate of drug-likeness (QED) is 0.363. The van der Waals surface area contributed by atoms with Crippen molar-refractivity contribution in [1.82, 2.24) is 0 Å². The molecule has 0 amide bonds. The molecule has 0 bridgehead atoms. The maximum Gasteiger partial charge on any atom is 0.302 e. The van der Waals surface area contributed by atoms with Crippen LogP contribution in [0.25, 0.3) is 0 Å². The number of ether oxygens (including phenoxy) is 1. The zero-order valence-electron chi connectivity index (χ0n) is 25.1. The van der Waals surface area contributed by atoms with Gasteiger partial charge in [0, 0.05) is 17.8 Å². The molecular formula is C32H54O6. The van der Waals surface area contributed by atoms with Crippen molar-refractivity contribution in [3.8, 4) is 0 Å². The van der Waals surface area contributed by atoms with Crippen molar-refractivity contribution in [3.63, 3.8) is 0 Å². The average molecular weight is 535 g/mol. The monoisotopic (exact) mass is 534 g/mol. The van der Waals surface area contributed by atoms with E-state index in [-0.39, 0.29) is 51.2 Å². The summed E-state index contributed by atoms with van der Waals surface area (Å²) in [6.45, 7) is 16.2. The zero-order chi connectivity index (χ0) is 28.3. The highest BCUT2D eigenvalue weighted by atomic mass is 16.5. The molecular weight excluding hydrogens is 480 g/mol. The molecule has 0 aliphatic heterocycles. The fourth-order valence-corrected chi connectivity index (χ4v) is 12.0. The van der Waals surface area contributed by atoms with Crippen LogP contribution in [0.15, 0.2) is 0 Å². The minimum atomic E-state index is -1.33. The molecule has 0 heterocycles. The summed E-state index contributed by atoms with van der Waals surface area (Å²) in [6, 6.07) is 0. The van der Waals surface area contributed by atoms with Gasteiger partial charge in [0.25, 0.3) is 0 Å². The van der Waals surface area contributed by atoms with Crippen molar-refractivity contribution in [2.24, 2.45) is 50.7 Å². The predicted octanol–water partition coefficient (Wildman–Crippen LogP) is 4.85. The van der Waals surface area contributed by atoms with Crippen molar-refractivity contribution < 1.29 is 30.0 Å². The van der Waals surface area contributed by atoms with Gasteiger partial charge < -0.3 is 25.2 Å². The molecule has 0 aromatic carbocycles. The van der Waals surface area contributed by atoms with Gasteiger partial charge in [-0.25, -0.2) is 0 Å². The summed E-state index contributed by atoms with van der Waals surface area (Å²) < 4.78 is 5.83. The third kappa shape index (κ3) is 3.61. The van der Waals surface area contributed by atoms with Gasteiger partial charge in [0.1, 0.15) is 12.2 Å². The number of carbonyl (C=O) groups is 1. The van der Waals surface area contributed by atoms with E-state index in [9.17, 15) is 25.2 Å². The van der Waals surface area contributed by atoms with Crippen LogP contribution in [0.3, 0.4) is 0 Å². The van der Waals surface area contributed by atoms with Crippen LogP contribution in [-0.4, -0.2) is 56.4 Å². The third-order valence-corrected chi connectivity index (χ3v) is 13.8. The molecule has 218 valence electrons. The Balaban J connectivity index is 1.40. The summed E-state index contributed by atoms with van der Waals surface area (Å²) in [5, 5.41) is 43.5. The van der Waals surface area contributed by atoms with Gasteiger partial charge in [-0.1, -0.05) is 34.6 Å². The fraction of sp³-hybridized carbons (Fsp3) is 0.969. The van der Waals surface area contributed by atoms with Crippen LogP contribution in [0.1, 0.15) is 113 Å². The number of carbonyl (C=O) groups excluding carboxylic acids is 1. The molecule has 0 saturated heterocycles. The highest BCUT2D eigenvalue weighted by molar-refractivity contribution is 5.66. The molecule has 5 saturated carbocycles. The number of esters is 1. The van der Waals surface area contributed by atoms with Crippen LogP contribution in [0.5, 0.6) is 0 Å². The molecule has 6 nitrogen and oxygen atoms in total. The van der Waals surface area contributed by atoms with E-state index in [0.717, 1.165) is 38.5 Å². The van der Waals surface area contributed by atoms with Crippen LogP contribution in [0, 0.1) is 50.7 Å². The molecule has 38 heavy (non-hydrogen) atoms. The molecule has 5 fully saturated rings. The first-order valence-electron chi connectivity index (χ1n) is 15.3. The summed E-state index contributed by atoms with van der Waals surface area (Å²) in [5.41, 5.74) is -1.18. The smallest absolute Gasteiger partial charge is 0.302 e. The van der Waals surface area contributed by atoms with E-state index in [1.54, 1.807) is 13.8 Å². The standard InChI is InChI=1S/C32H54O6/c1-18(15-21(34)26(36)28(5,6)37)20-9-14-32-17-31(20,32)13-10-22-29(7)12-11-25(38-19(2)33)27(3,4)23(29)16-24(35)30(22,32)8/h18,20-26,34-37H,9-17H2,1-8H3/t18-,20-,21-,22-,23+,24-,25+,26-,29-,30-,31-,32-/m1/s1. The second kappa shape index (κ2) is 8.66. The highest BCUT2D eigenvalue weighted by Gasteiger charge is 2.85. The van der Waals surface area contributed by atoms with Gasteiger partial charge in [-0.2, -0.15) is 0 Å². The minimum absolute atomic E-state index is 0.0983. The largest absolute Gasteiger partial charge is 0.462 e. The van der Waals surface area contributed by atoms with Crippen LogP contribution in [-0.2, 0) is 9.53 Å². The van der Waals surface area contributed by atoms with Crippen molar-refractivity contribution in [2.75, 3.05) is 0 Å². The Morgan fingerprint density at radius 2 is 1.68 bits per heavy atom. The number of hydrogen-bond acceptors (Lipinski definition) is 6. The Hall–Kier alpha value is -0.690. The van der Waals surface area contributed by atoms with E-state index in [0.29, 0.717) is 24.2 Å². The maximum absolute atomic E-state index is 12.1. The summed E-state index contributed by atoms with van der Waals surface area (Å²) in [7, 11) is 0. The predicted molar refractivity (Wildman–Crippen MR) is 146 cm³/mol. The molecule has 0 radical (unpaired) electrons. The van der Waals surface area contributed by atoms with E-state index < -0.39 is 17.8 Å². The number of aliphatic hydroxyl groups excluding tert-OH is 3. The number of hydrogen-bond donors (Lipinski definition) is 4. The lowest BCUT2D eigenvalue weighted by Crippen LogP contribution is -2.66. The first-order chi connectivity index (χ1) is 17.4. The van der Waals surface area contributed by atoms with E-state index in [2.05, 4.69) is 34.6 Å². The number of aliphatic hydroxyl groups is 4. The van der Waals surface area contributed by atoms with Crippen molar-refractivity contribution >= 4 is 5.97 Å². The second-order valence-corrected chi connectivity index (χ2v) is 16.1. The Labute approximate surface area is 229 Å². The summed E-state index contributed by atoms with van der Waals surface area (Å²) >= 11 is 0. The van der Waals surface area contributed by atoms with E-state index in [1.807, 2.05) is 0 Å². The summed E-state index contributed by atoms with van der Waals surface area (Å²) in [5.74, 6) is 1.25. The van der Waals surface area contributed by atoms with Gasteiger partial charge in [-0.15, -0.1) is 0 Å². The first-order valence-corrected chi connectivity index (χ1v) is 15.3. The zero-order valence-corrected chi connectivity index (χ0v) is 25.1. The molecule has 0 aromatic heterocycles. The van der Waals surface area contributed by atoms with Crippen LogP contribution < -0.4 is 0 Å². The highest BCUT2D eigenvalue weighted by Crippen LogP contribution is 2.90. The lowest BCUT2D eigenvalue weighted by atomic mass is 9.37. The molecule has 6 heteroatoms. The average Bonchev–Trinajstić information content (AvgIpc) is 3.37. The summed E-state index contributed by atoms with van der Waals surface area (Å²) in [6.07, 6.45) is 6.31. The topological polar surface area (TPSA) is 107 Å². The van der Waals surface area contributed by atoms with E-state index in [4.69, 9.17) is 4.74 Å². The lowest BCUT2D eigenvalue weighted by molar-refractivity contribution is -0.245. The Morgan fingerprint density at radius 3 is 2.29 bits per heavy atom. The molecule has 0 aromatic rings. The lowest BCUT2D eigenvalue weighted by Gasteiger charge is -2.68. The van der Waals surface area contributed by atoms with Gasteiger partial charge in [-0.3, -0.25) is 4.79 Å². The molecule has 12 atom stereocenters. The minimum Gasteiger partial charge on any atom is -0.462 e. The van der Waals surface area contributed by atoms with Gasteiger partial charge in [0.2, 0.25) is 0 Å². The van der Waals surface area contributed by atoms with Crippen molar-refractivity contribution in [2.45, 2.75) is 143 Å². The molecule has 0 unspecified atom stereocenters. The molecule has 5 rings (SSSR count). The van der Waals surface area contributed by atoms with Gasteiger partial charge in [0.15, 0.2) is 0 Å². The maximum atomic E-state index is 12.1. The third-order valence-electron chi connectivity index (χ3n) is 13.8. The first kappa shape index (κ1) is 28.8. The van der Waals surface area contributed by atoms with E-state index in [1.165, 1.54) is 19.8 Å². The Kier molecular flexibility index (Phi) is 6.57. The molecule has 5 aliphatic carbocycles. The Bertz CT molecular complexity index is 956. The Morgan fingerprint density at radius 1 is 1.03 bits per heavy atom. The summed E-state index contributed by atoms with van der Waals surface area (Å²) in [4.78, 5) is 11.9. The van der Waals surface area contributed by atoms with Gasteiger partial charge >= 0.3 is 5.97 Å². The normalized spacial score (nSPS) is 49.5.